The first-order chi connectivity index (χ1) is 8.40. The van der Waals surface area contributed by atoms with Gasteiger partial charge in [-0.25, -0.2) is 0 Å². The van der Waals surface area contributed by atoms with Crippen molar-refractivity contribution in [2.75, 3.05) is 7.05 Å². The van der Waals surface area contributed by atoms with E-state index in [1.54, 1.807) is 18.6 Å². The molecular weight excluding hydrogens is 214 g/mol. The van der Waals surface area contributed by atoms with Gasteiger partial charge in [-0.15, -0.1) is 0 Å². The van der Waals surface area contributed by atoms with Gasteiger partial charge in [-0.3, -0.25) is 15.1 Å². The minimum Gasteiger partial charge on any atom is -0.316 e. The van der Waals surface area contributed by atoms with Gasteiger partial charge in [-0.2, -0.15) is 5.10 Å². The lowest BCUT2D eigenvalue weighted by atomic mass is 10.1. The molecule has 1 fully saturated rings. The van der Waals surface area contributed by atoms with Crippen molar-refractivity contribution >= 4 is 0 Å². The van der Waals surface area contributed by atoms with Crippen LogP contribution in [0.5, 0.6) is 0 Å². The van der Waals surface area contributed by atoms with Gasteiger partial charge in [0.1, 0.15) is 11.4 Å². The Morgan fingerprint density at radius 2 is 2.29 bits per heavy atom. The van der Waals surface area contributed by atoms with Crippen LogP contribution >= 0.6 is 0 Å². The zero-order chi connectivity index (χ0) is 11.7. The lowest BCUT2D eigenvalue weighted by molar-refractivity contribution is 0.803. The molecule has 0 atom stereocenters. The minimum absolute atomic E-state index is 0.663. The Bertz CT molecular complexity index is 501. The number of H-pyrrole nitrogens is 1. The molecule has 3 rings (SSSR count). The van der Waals surface area contributed by atoms with Gasteiger partial charge in [0.2, 0.25) is 0 Å². The maximum absolute atomic E-state index is 4.40. The molecule has 0 radical (unpaired) electrons. The van der Waals surface area contributed by atoms with Crippen molar-refractivity contribution < 1.29 is 0 Å². The molecule has 0 amide bonds. The molecule has 88 valence electrons. The van der Waals surface area contributed by atoms with Gasteiger partial charge in [0, 0.05) is 36.1 Å². The lowest BCUT2D eigenvalue weighted by Crippen LogP contribution is -2.07. The predicted molar refractivity (Wildman–Crippen MR) is 64.4 cm³/mol. The third kappa shape index (κ3) is 1.93. The Morgan fingerprint density at radius 1 is 1.41 bits per heavy atom. The van der Waals surface area contributed by atoms with Crippen LogP contribution in [0.15, 0.2) is 18.6 Å². The summed E-state index contributed by atoms with van der Waals surface area (Å²) in [6, 6.07) is 0. The van der Waals surface area contributed by atoms with Gasteiger partial charge in [0.25, 0.3) is 0 Å². The number of hydrogen-bond acceptors (Lipinski definition) is 4. The summed E-state index contributed by atoms with van der Waals surface area (Å²) in [5.41, 5.74) is 4.26. The first-order valence-corrected chi connectivity index (χ1v) is 5.88. The third-order valence-corrected chi connectivity index (χ3v) is 3.04. The van der Waals surface area contributed by atoms with Crippen LogP contribution in [0.1, 0.15) is 30.0 Å². The maximum atomic E-state index is 4.40. The molecule has 2 N–H and O–H groups in total. The Hall–Kier alpha value is -1.75. The summed E-state index contributed by atoms with van der Waals surface area (Å²) in [5, 5.41) is 10.8. The van der Waals surface area contributed by atoms with Crippen LogP contribution in [0, 0.1) is 0 Å². The second-order valence-corrected chi connectivity index (χ2v) is 4.36. The highest BCUT2D eigenvalue weighted by atomic mass is 15.1. The smallest absolute Gasteiger partial charge is 0.117 e. The highest BCUT2D eigenvalue weighted by molar-refractivity contribution is 5.59. The molecule has 5 heteroatoms. The predicted octanol–water partition coefficient (Wildman–Crippen LogP) is 1.46. The average molecular weight is 229 g/mol. The highest BCUT2D eigenvalue weighted by Crippen LogP contribution is 2.42. The molecule has 17 heavy (non-hydrogen) atoms. The zero-order valence-corrected chi connectivity index (χ0v) is 9.77. The van der Waals surface area contributed by atoms with Crippen LogP contribution in [0.3, 0.4) is 0 Å². The van der Waals surface area contributed by atoms with Crippen molar-refractivity contribution in [1.29, 1.82) is 0 Å². The van der Waals surface area contributed by atoms with E-state index in [2.05, 4.69) is 25.5 Å². The lowest BCUT2D eigenvalue weighted by Gasteiger charge is -2.03. The number of hydrogen-bond donors (Lipinski definition) is 2. The topological polar surface area (TPSA) is 66.5 Å². The molecule has 2 aromatic rings. The number of aromatic amines is 1. The van der Waals surface area contributed by atoms with Gasteiger partial charge in [-0.05, 0) is 19.9 Å². The summed E-state index contributed by atoms with van der Waals surface area (Å²) in [4.78, 5) is 8.41. The first kappa shape index (κ1) is 10.4. The summed E-state index contributed by atoms with van der Waals surface area (Å²) in [5.74, 6) is 0.663. The minimum atomic E-state index is 0.663. The van der Waals surface area contributed by atoms with E-state index in [1.165, 1.54) is 24.1 Å². The van der Waals surface area contributed by atoms with E-state index >= 15 is 0 Å². The molecule has 0 bridgehead atoms. The molecule has 1 saturated carbocycles. The van der Waals surface area contributed by atoms with Crippen molar-refractivity contribution in [3.8, 4) is 11.4 Å². The fraction of sp³-hybridized carbons (Fsp3) is 0.417. The van der Waals surface area contributed by atoms with Crippen LogP contribution in [0.25, 0.3) is 11.4 Å². The average Bonchev–Trinajstić information content (AvgIpc) is 3.13. The molecule has 5 nitrogen and oxygen atoms in total. The normalized spacial score (nSPS) is 15.1. The van der Waals surface area contributed by atoms with Gasteiger partial charge in [0.15, 0.2) is 0 Å². The largest absolute Gasteiger partial charge is 0.316 e. The van der Waals surface area contributed by atoms with E-state index in [0.717, 1.165) is 17.9 Å². The van der Waals surface area contributed by atoms with Crippen LogP contribution in [-0.4, -0.2) is 27.2 Å². The Morgan fingerprint density at radius 3 is 2.94 bits per heavy atom. The quantitative estimate of drug-likeness (QED) is 0.833. The number of nitrogens with zero attached hydrogens (tertiary/aromatic N) is 3. The molecule has 1 aliphatic rings. The molecule has 0 unspecified atom stereocenters. The van der Waals surface area contributed by atoms with Crippen LogP contribution in [0.4, 0.5) is 0 Å². The van der Waals surface area contributed by atoms with E-state index in [0.29, 0.717) is 5.92 Å². The van der Waals surface area contributed by atoms with Crippen molar-refractivity contribution in [3.05, 3.63) is 29.8 Å². The molecule has 0 saturated heterocycles. The van der Waals surface area contributed by atoms with Crippen LogP contribution in [0.2, 0.25) is 0 Å². The van der Waals surface area contributed by atoms with Crippen molar-refractivity contribution in [2.24, 2.45) is 0 Å². The number of aromatic nitrogens is 4. The number of nitrogens with one attached hydrogen (secondary N) is 2. The SMILES string of the molecule is CNCc1c(-c2cnccn2)n[nH]c1C1CC1. The second-order valence-electron chi connectivity index (χ2n) is 4.36. The Balaban J connectivity index is 2.04. The third-order valence-electron chi connectivity index (χ3n) is 3.04. The van der Waals surface area contributed by atoms with Crippen molar-refractivity contribution in [1.82, 2.24) is 25.5 Å². The maximum Gasteiger partial charge on any atom is 0.117 e. The summed E-state index contributed by atoms with van der Waals surface area (Å²) in [6.45, 7) is 0.814. The van der Waals surface area contributed by atoms with E-state index in [1.807, 2.05) is 7.05 Å². The monoisotopic (exact) mass is 229 g/mol. The first-order valence-electron chi connectivity index (χ1n) is 5.88. The number of rotatable bonds is 4. The van der Waals surface area contributed by atoms with E-state index < -0.39 is 0 Å². The van der Waals surface area contributed by atoms with E-state index in [9.17, 15) is 0 Å². The molecular formula is C12H15N5. The Kier molecular flexibility index (Phi) is 2.60. The van der Waals surface area contributed by atoms with Crippen molar-refractivity contribution in [3.63, 3.8) is 0 Å². The molecule has 0 aromatic carbocycles. The Labute approximate surface area is 99.7 Å². The van der Waals surface area contributed by atoms with Gasteiger partial charge >= 0.3 is 0 Å². The molecule has 0 spiro atoms. The molecule has 2 aromatic heterocycles. The van der Waals surface area contributed by atoms with E-state index in [-0.39, 0.29) is 0 Å². The summed E-state index contributed by atoms with van der Waals surface area (Å²) in [7, 11) is 1.95. The zero-order valence-electron chi connectivity index (χ0n) is 9.77. The second kappa shape index (κ2) is 4.25. The van der Waals surface area contributed by atoms with Gasteiger partial charge in [-0.1, -0.05) is 0 Å². The molecule has 1 aliphatic carbocycles. The fourth-order valence-corrected chi connectivity index (χ4v) is 2.08. The van der Waals surface area contributed by atoms with E-state index in [4.69, 9.17) is 0 Å². The highest BCUT2D eigenvalue weighted by Gasteiger charge is 2.29. The molecule has 2 heterocycles. The van der Waals surface area contributed by atoms with Crippen molar-refractivity contribution in [2.45, 2.75) is 25.3 Å². The summed E-state index contributed by atoms with van der Waals surface area (Å²) < 4.78 is 0. The summed E-state index contributed by atoms with van der Waals surface area (Å²) in [6.07, 6.45) is 7.66. The van der Waals surface area contributed by atoms with Gasteiger partial charge < -0.3 is 5.32 Å². The van der Waals surface area contributed by atoms with Gasteiger partial charge in [0.05, 0.1) is 6.20 Å². The fourth-order valence-electron chi connectivity index (χ4n) is 2.08. The molecule has 0 aliphatic heterocycles. The van der Waals surface area contributed by atoms with Crippen LogP contribution in [-0.2, 0) is 6.54 Å². The standard InChI is InChI=1S/C12H15N5/c1-13-6-9-11(8-2-3-8)16-17-12(9)10-7-14-4-5-15-10/h4-5,7-8,13H,2-3,6H2,1H3,(H,16,17). The van der Waals surface area contributed by atoms with Crippen LogP contribution < -0.4 is 5.32 Å². The summed E-state index contributed by atoms with van der Waals surface area (Å²) >= 11 is 0.